The molecule has 4 aromatic rings. The van der Waals surface area contributed by atoms with Gasteiger partial charge in [-0.05, 0) is 57.5 Å². The molecule has 1 aliphatic heterocycles. The van der Waals surface area contributed by atoms with Gasteiger partial charge in [-0.25, -0.2) is 23.0 Å². The molecular formula is C25H25ClF2N8O2. The van der Waals surface area contributed by atoms with E-state index in [9.17, 15) is 18.4 Å². The van der Waals surface area contributed by atoms with E-state index in [0.717, 1.165) is 0 Å². The van der Waals surface area contributed by atoms with Crippen molar-refractivity contribution >= 4 is 40.4 Å². The Labute approximate surface area is 221 Å². The van der Waals surface area contributed by atoms with Crippen LogP contribution >= 0.6 is 11.6 Å². The normalized spacial score (nSPS) is 14.9. The van der Waals surface area contributed by atoms with Crippen LogP contribution in [0.3, 0.4) is 0 Å². The molecule has 4 aromatic heterocycles. The van der Waals surface area contributed by atoms with Crippen LogP contribution in [-0.4, -0.2) is 60.7 Å². The number of anilines is 2. The number of hydrogen-bond acceptors (Lipinski definition) is 6. The van der Waals surface area contributed by atoms with Gasteiger partial charge in [0.15, 0.2) is 17.3 Å². The number of carbonyl (C=O) groups is 2. The van der Waals surface area contributed by atoms with Gasteiger partial charge in [0.25, 0.3) is 17.7 Å². The van der Waals surface area contributed by atoms with Gasteiger partial charge >= 0.3 is 0 Å². The number of aryl methyl sites for hydroxylation is 1. The summed E-state index contributed by atoms with van der Waals surface area (Å²) in [4.78, 5) is 32.6. The average molecular weight is 543 g/mol. The lowest BCUT2D eigenvalue weighted by Crippen LogP contribution is -2.56. The summed E-state index contributed by atoms with van der Waals surface area (Å²) in [7, 11) is 0. The lowest BCUT2D eigenvalue weighted by molar-refractivity contribution is -0.0267. The summed E-state index contributed by atoms with van der Waals surface area (Å²) in [5.41, 5.74) is 1.12. The summed E-state index contributed by atoms with van der Waals surface area (Å²) in [5, 5.41) is 14.6. The highest BCUT2D eigenvalue weighted by Crippen LogP contribution is 2.33. The van der Waals surface area contributed by atoms with Gasteiger partial charge in [0.2, 0.25) is 0 Å². The van der Waals surface area contributed by atoms with Crippen LogP contribution in [0.4, 0.5) is 20.3 Å². The Hall–Kier alpha value is -4.06. The summed E-state index contributed by atoms with van der Waals surface area (Å²) in [6, 6.07) is 8.13. The predicted octanol–water partition coefficient (Wildman–Crippen LogP) is 4.11. The van der Waals surface area contributed by atoms with Crippen LogP contribution < -0.4 is 15.5 Å². The Morgan fingerprint density at radius 1 is 1.11 bits per heavy atom. The third-order valence-electron chi connectivity index (χ3n) is 5.86. The molecule has 0 atom stereocenters. The van der Waals surface area contributed by atoms with Crippen molar-refractivity contribution in [3.63, 3.8) is 0 Å². The zero-order chi connectivity index (χ0) is 27.4. The largest absolute Gasteiger partial charge is 0.346 e. The number of aromatic nitrogens is 5. The van der Waals surface area contributed by atoms with E-state index in [-0.39, 0.29) is 33.7 Å². The molecule has 1 fully saturated rings. The second-order valence-electron chi connectivity index (χ2n) is 10.2. The number of carbonyl (C=O) groups excluding carboxylic acids is 2. The van der Waals surface area contributed by atoms with E-state index >= 15 is 0 Å². The highest BCUT2D eigenvalue weighted by atomic mass is 35.5. The van der Waals surface area contributed by atoms with Crippen LogP contribution in [0, 0.1) is 6.92 Å². The van der Waals surface area contributed by atoms with E-state index in [0.29, 0.717) is 11.1 Å². The maximum atomic E-state index is 13.7. The average Bonchev–Trinajstić information content (AvgIpc) is 3.44. The molecule has 0 radical (unpaired) electrons. The van der Waals surface area contributed by atoms with E-state index in [1.807, 2.05) is 20.8 Å². The summed E-state index contributed by atoms with van der Waals surface area (Å²) in [6.07, 6.45) is 3.04. The van der Waals surface area contributed by atoms with Gasteiger partial charge < -0.3 is 15.5 Å². The van der Waals surface area contributed by atoms with Crippen LogP contribution in [0.25, 0.3) is 11.3 Å². The number of halogens is 3. The maximum Gasteiger partial charge on any atom is 0.282 e. The number of nitrogens with zero attached hydrogens (tertiary/aromatic N) is 6. The number of nitrogens with one attached hydrogen (secondary N) is 2. The lowest BCUT2D eigenvalue weighted by Gasteiger charge is -2.38. The topological polar surface area (TPSA) is 109 Å². The Morgan fingerprint density at radius 2 is 1.84 bits per heavy atom. The standard InChI is InChI=1S/C25H25ClF2N8O2/c1-14-10-15-7-9-30-35(15)20(23(38)32-24(2,3)4)19(14)31-22(37)17-11-18(34-12-25(27,28)13-34)33-36(17)21-16(26)6-5-8-29-21/h5-11H,12-13H2,1-4H3,(H,31,37)(H,32,38). The fourth-order valence-corrected chi connectivity index (χ4v) is 4.40. The van der Waals surface area contributed by atoms with E-state index in [1.165, 1.54) is 26.4 Å². The van der Waals surface area contributed by atoms with Gasteiger partial charge in [0.1, 0.15) is 5.69 Å². The molecule has 1 saturated heterocycles. The summed E-state index contributed by atoms with van der Waals surface area (Å²) in [6.45, 7) is 6.25. The van der Waals surface area contributed by atoms with Gasteiger partial charge in [-0.3, -0.25) is 9.59 Å². The molecule has 1 aliphatic rings. The Kier molecular flexibility index (Phi) is 6.09. The van der Waals surface area contributed by atoms with Crippen LogP contribution in [0.15, 0.2) is 42.7 Å². The first kappa shape index (κ1) is 25.6. The fraction of sp³-hybridized carbons (Fsp3) is 0.320. The number of fused-ring (bicyclic) bond motifs is 1. The molecule has 13 heteroatoms. The second-order valence-corrected chi connectivity index (χ2v) is 10.6. The zero-order valence-electron chi connectivity index (χ0n) is 21.1. The monoisotopic (exact) mass is 542 g/mol. The van der Waals surface area contributed by atoms with E-state index < -0.39 is 36.4 Å². The predicted molar refractivity (Wildman–Crippen MR) is 139 cm³/mol. The maximum absolute atomic E-state index is 13.7. The van der Waals surface area contributed by atoms with Crippen LogP contribution in [0.2, 0.25) is 5.02 Å². The van der Waals surface area contributed by atoms with Gasteiger partial charge in [-0.1, -0.05) is 11.6 Å². The Morgan fingerprint density at radius 3 is 2.50 bits per heavy atom. The highest BCUT2D eigenvalue weighted by molar-refractivity contribution is 6.32. The smallest absolute Gasteiger partial charge is 0.282 e. The Bertz CT molecular complexity index is 1570. The van der Waals surface area contributed by atoms with Crippen molar-refractivity contribution in [1.29, 1.82) is 0 Å². The summed E-state index contributed by atoms with van der Waals surface area (Å²) < 4.78 is 29.8. The molecular weight excluding hydrogens is 518 g/mol. The molecule has 198 valence electrons. The van der Waals surface area contributed by atoms with Crippen molar-refractivity contribution in [2.75, 3.05) is 23.3 Å². The van der Waals surface area contributed by atoms with Crippen molar-refractivity contribution in [3.05, 3.63) is 64.7 Å². The lowest BCUT2D eigenvalue weighted by atomic mass is 10.1. The molecule has 2 N–H and O–H groups in total. The molecule has 0 spiro atoms. The molecule has 5 heterocycles. The van der Waals surface area contributed by atoms with Crippen molar-refractivity contribution in [1.82, 2.24) is 29.7 Å². The first-order valence-electron chi connectivity index (χ1n) is 11.8. The van der Waals surface area contributed by atoms with Crippen molar-refractivity contribution in [3.8, 4) is 5.82 Å². The van der Waals surface area contributed by atoms with Crippen LogP contribution in [0.1, 0.15) is 47.3 Å². The van der Waals surface area contributed by atoms with Crippen molar-refractivity contribution < 1.29 is 18.4 Å². The third-order valence-corrected chi connectivity index (χ3v) is 6.15. The summed E-state index contributed by atoms with van der Waals surface area (Å²) >= 11 is 6.33. The molecule has 2 amide bonds. The van der Waals surface area contributed by atoms with E-state index in [1.54, 1.807) is 37.4 Å². The molecule has 0 aliphatic carbocycles. The minimum atomic E-state index is -2.83. The Balaban J connectivity index is 1.58. The van der Waals surface area contributed by atoms with E-state index in [2.05, 4.69) is 25.8 Å². The molecule has 38 heavy (non-hydrogen) atoms. The number of pyridine rings is 2. The molecule has 10 nitrogen and oxygen atoms in total. The first-order chi connectivity index (χ1) is 17.8. The molecule has 0 unspecified atom stereocenters. The SMILES string of the molecule is Cc1cc2ccnn2c(C(=O)NC(C)(C)C)c1NC(=O)c1cc(N2CC(F)(F)C2)nn1-c1ncccc1Cl. The number of hydrogen-bond donors (Lipinski definition) is 2. The zero-order valence-corrected chi connectivity index (χ0v) is 21.8. The minimum absolute atomic E-state index is 0.00189. The van der Waals surface area contributed by atoms with Crippen molar-refractivity contribution in [2.45, 2.75) is 39.2 Å². The quantitative estimate of drug-likeness (QED) is 0.393. The minimum Gasteiger partial charge on any atom is -0.346 e. The number of alkyl halides is 2. The van der Waals surface area contributed by atoms with Gasteiger partial charge in [-0.2, -0.15) is 5.10 Å². The van der Waals surface area contributed by atoms with E-state index in [4.69, 9.17) is 11.6 Å². The van der Waals surface area contributed by atoms with Crippen molar-refractivity contribution in [2.24, 2.45) is 0 Å². The highest BCUT2D eigenvalue weighted by Gasteiger charge is 2.45. The molecule has 0 bridgehead atoms. The molecule has 5 rings (SSSR count). The molecule has 0 aromatic carbocycles. The second kappa shape index (κ2) is 9.05. The van der Waals surface area contributed by atoms with Crippen LogP contribution in [0.5, 0.6) is 0 Å². The van der Waals surface area contributed by atoms with Crippen LogP contribution in [-0.2, 0) is 0 Å². The van der Waals surface area contributed by atoms with Gasteiger partial charge in [-0.15, -0.1) is 5.10 Å². The van der Waals surface area contributed by atoms with Gasteiger partial charge in [0.05, 0.1) is 35.5 Å². The number of amides is 2. The fourth-order valence-electron chi connectivity index (χ4n) is 4.19. The first-order valence-corrected chi connectivity index (χ1v) is 12.2. The third kappa shape index (κ3) is 4.78. The number of rotatable bonds is 5. The molecule has 0 saturated carbocycles. The van der Waals surface area contributed by atoms with Gasteiger partial charge in [0, 0.05) is 17.8 Å². The summed E-state index contributed by atoms with van der Waals surface area (Å²) in [5.74, 6) is -3.58.